The second kappa shape index (κ2) is 3.21. The first-order valence-corrected chi connectivity index (χ1v) is 4.78. The smallest absolute Gasteiger partial charge is 0.0513 e. The maximum atomic E-state index is 6.14. The zero-order valence-corrected chi connectivity index (χ0v) is 8.65. The highest BCUT2D eigenvalue weighted by atomic mass is 35.5. The monoisotopic (exact) mass is 210 g/mol. The predicted molar refractivity (Wildman–Crippen MR) is 58.7 cm³/mol. The molecule has 0 nitrogen and oxygen atoms in total. The molecule has 0 radical (unpaired) electrons. The highest BCUT2D eigenvalue weighted by molar-refractivity contribution is 6.37. The van der Waals surface area contributed by atoms with Crippen molar-refractivity contribution in [1.29, 1.82) is 0 Å². The molecule has 0 heterocycles. The molecule has 0 fully saturated rings. The molecule has 2 heteroatoms. The van der Waals surface area contributed by atoms with Gasteiger partial charge in [-0.1, -0.05) is 41.4 Å². The highest BCUT2D eigenvalue weighted by Gasteiger charge is 2.01. The molecule has 0 aliphatic carbocycles. The third kappa shape index (κ3) is 1.52. The van der Waals surface area contributed by atoms with Crippen LogP contribution < -0.4 is 0 Å². The first kappa shape index (κ1) is 8.86. The molecular weight excluding hydrogens is 203 g/mol. The van der Waals surface area contributed by atoms with Gasteiger partial charge in [-0.2, -0.15) is 0 Å². The van der Waals surface area contributed by atoms with E-state index in [1.54, 1.807) is 0 Å². The van der Waals surface area contributed by atoms with Gasteiger partial charge in [0, 0.05) is 10.4 Å². The summed E-state index contributed by atoms with van der Waals surface area (Å²) in [4.78, 5) is 0. The topological polar surface area (TPSA) is 0 Å². The zero-order valence-electron chi connectivity index (χ0n) is 7.14. The molecule has 2 rings (SSSR count). The van der Waals surface area contributed by atoms with E-state index in [1.807, 2.05) is 37.3 Å². The van der Waals surface area contributed by atoms with Crippen LogP contribution in [0.3, 0.4) is 0 Å². The summed E-state index contributed by atoms with van der Waals surface area (Å²) >= 11 is 12.0. The standard InChI is InChI=1S/C11H8Cl2/c1-7-2-3-8-6-9(12)4-5-10(8)11(7)13/h2-6H,1H3. The third-order valence-electron chi connectivity index (χ3n) is 2.11. The van der Waals surface area contributed by atoms with E-state index in [9.17, 15) is 0 Å². The van der Waals surface area contributed by atoms with Crippen molar-refractivity contribution < 1.29 is 0 Å². The molecule has 0 aromatic heterocycles. The summed E-state index contributed by atoms with van der Waals surface area (Å²) < 4.78 is 0. The number of aryl methyl sites for hydroxylation is 1. The first-order valence-electron chi connectivity index (χ1n) is 4.03. The Bertz CT molecular complexity index is 461. The molecule has 0 atom stereocenters. The van der Waals surface area contributed by atoms with E-state index in [1.165, 1.54) is 0 Å². The summed E-state index contributed by atoms with van der Waals surface area (Å²) in [5.41, 5.74) is 1.09. The molecule has 2 aromatic rings. The van der Waals surface area contributed by atoms with Gasteiger partial charge in [0.15, 0.2) is 0 Å². The lowest BCUT2D eigenvalue weighted by molar-refractivity contribution is 1.50. The molecular formula is C11H8Cl2. The van der Waals surface area contributed by atoms with E-state index < -0.39 is 0 Å². The van der Waals surface area contributed by atoms with Gasteiger partial charge in [0.05, 0.1) is 5.02 Å². The third-order valence-corrected chi connectivity index (χ3v) is 2.85. The van der Waals surface area contributed by atoms with Gasteiger partial charge in [-0.25, -0.2) is 0 Å². The maximum Gasteiger partial charge on any atom is 0.0513 e. The number of hydrogen-bond acceptors (Lipinski definition) is 0. The Hall–Kier alpha value is -0.720. The van der Waals surface area contributed by atoms with E-state index in [4.69, 9.17) is 23.2 Å². The van der Waals surface area contributed by atoms with Gasteiger partial charge in [-0.3, -0.25) is 0 Å². The van der Waals surface area contributed by atoms with E-state index in [0.717, 1.165) is 26.4 Å². The fraction of sp³-hybridized carbons (Fsp3) is 0.0909. The Labute approximate surface area is 87.1 Å². The number of rotatable bonds is 0. The van der Waals surface area contributed by atoms with Crippen LogP contribution in [0.1, 0.15) is 5.56 Å². The second-order valence-corrected chi connectivity index (χ2v) is 3.88. The lowest BCUT2D eigenvalue weighted by Crippen LogP contribution is -1.78. The quantitative estimate of drug-likeness (QED) is 0.603. The molecule has 0 saturated carbocycles. The van der Waals surface area contributed by atoms with E-state index in [-0.39, 0.29) is 0 Å². The van der Waals surface area contributed by atoms with Crippen LogP contribution in [0.25, 0.3) is 10.8 Å². The molecule has 0 saturated heterocycles. The molecule has 0 aliphatic rings. The largest absolute Gasteiger partial charge is 0.0843 e. The van der Waals surface area contributed by atoms with Crippen LogP contribution in [0.2, 0.25) is 10.0 Å². The van der Waals surface area contributed by atoms with Crippen molar-refractivity contribution in [3.8, 4) is 0 Å². The lowest BCUT2D eigenvalue weighted by Gasteiger charge is -2.03. The molecule has 66 valence electrons. The van der Waals surface area contributed by atoms with Gasteiger partial charge >= 0.3 is 0 Å². The van der Waals surface area contributed by atoms with Gasteiger partial charge in [0.2, 0.25) is 0 Å². The first-order chi connectivity index (χ1) is 6.18. The second-order valence-electron chi connectivity index (χ2n) is 3.06. The van der Waals surface area contributed by atoms with E-state index in [2.05, 4.69) is 0 Å². The molecule has 0 spiro atoms. The SMILES string of the molecule is Cc1ccc2cc(Cl)ccc2c1Cl. The van der Waals surface area contributed by atoms with Crippen LogP contribution in [-0.4, -0.2) is 0 Å². The summed E-state index contributed by atoms with van der Waals surface area (Å²) in [6, 6.07) is 9.76. The number of benzene rings is 2. The van der Waals surface area contributed by atoms with Gasteiger partial charge in [-0.05, 0) is 30.0 Å². The Kier molecular flexibility index (Phi) is 2.19. The van der Waals surface area contributed by atoms with Crippen molar-refractivity contribution in [2.24, 2.45) is 0 Å². The average molecular weight is 211 g/mol. The summed E-state index contributed by atoms with van der Waals surface area (Å²) in [5, 5.41) is 3.70. The van der Waals surface area contributed by atoms with Gasteiger partial charge in [0.1, 0.15) is 0 Å². The number of fused-ring (bicyclic) bond motifs is 1. The minimum absolute atomic E-state index is 0.743. The van der Waals surface area contributed by atoms with Crippen LogP contribution in [0, 0.1) is 6.92 Å². The highest BCUT2D eigenvalue weighted by Crippen LogP contribution is 2.28. The fourth-order valence-corrected chi connectivity index (χ4v) is 1.79. The Morgan fingerprint density at radius 3 is 2.54 bits per heavy atom. The van der Waals surface area contributed by atoms with Crippen LogP contribution in [0.4, 0.5) is 0 Å². The number of halogens is 2. The van der Waals surface area contributed by atoms with Crippen molar-refractivity contribution in [2.45, 2.75) is 6.92 Å². The fourth-order valence-electron chi connectivity index (χ4n) is 1.37. The predicted octanol–water partition coefficient (Wildman–Crippen LogP) is 4.46. The van der Waals surface area contributed by atoms with Gasteiger partial charge in [-0.15, -0.1) is 0 Å². The zero-order chi connectivity index (χ0) is 9.42. The lowest BCUT2D eigenvalue weighted by atomic mass is 10.1. The Balaban J connectivity index is 2.87. The molecule has 2 aromatic carbocycles. The Morgan fingerprint density at radius 1 is 1.00 bits per heavy atom. The average Bonchev–Trinajstić information content (AvgIpc) is 2.12. The summed E-state index contributed by atoms with van der Waals surface area (Å²) in [5.74, 6) is 0. The number of hydrogen-bond donors (Lipinski definition) is 0. The van der Waals surface area contributed by atoms with Crippen molar-refractivity contribution in [2.75, 3.05) is 0 Å². The molecule has 0 bridgehead atoms. The molecule has 0 N–H and O–H groups in total. The molecule has 0 unspecified atom stereocenters. The minimum Gasteiger partial charge on any atom is -0.0843 e. The molecule has 13 heavy (non-hydrogen) atoms. The summed E-state index contributed by atoms with van der Waals surface area (Å²) in [6.45, 7) is 2.00. The van der Waals surface area contributed by atoms with Crippen LogP contribution in [-0.2, 0) is 0 Å². The van der Waals surface area contributed by atoms with E-state index in [0.29, 0.717) is 0 Å². The van der Waals surface area contributed by atoms with Crippen LogP contribution >= 0.6 is 23.2 Å². The summed E-state index contributed by atoms with van der Waals surface area (Å²) in [7, 11) is 0. The Morgan fingerprint density at radius 2 is 1.77 bits per heavy atom. The molecule has 0 aliphatic heterocycles. The van der Waals surface area contributed by atoms with E-state index >= 15 is 0 Å². The van der Waals surface area contributed by atoms with Gasteiger partial charge in [0.25, 0.3) is 0 Å². The van der Waals surface area contributed by atoms with Crippen molar-refractivity contribution in [3.05, 3.63) is 45.9 Å². The maximum absolute atomic E-state index is 6.14. The van der Waals surface area contributed by atoms with Crippen LogP contribution in [0.15, 0.2) is 30.3 Å². The molecule has 0 amide bonds. The van der Waals surface area contributed by atoms with Gasteiger partial charge < -0.3 is 0 Å². The normalized spacial score (nSPS) is 10.7. The van der Waals surface area contributed by atoms with Crippen molar-refractivity contribution >= 4 is 34.0 Å². The van der Waals surface area contributed by atoms with Crippen molar-refractivity contribution in [3.63, 3.8) is 0 Å². The van der Waals surface area contributed by atoms with Crippen molar-refractivity contribution in [1.82, 2.24) is 0 Å². The summed E-state index contributed by atoms with van der Waals surface area (Å²) in [6.07, 6.45) is 0. The minimum atomic E-state index is 0.743. The van der Waals surface area contributed by atoms with Crippen LogP contribution in [0.5, 0.6) is 0 Å².